The average Bonchev–Trinajstić information content (AvgIpc) is 3.55. The molecule has 2 atom stereocenters. The summed E-state index contributed by atoms with van der Waals surface area (Å²) in [7, 11) is 17.6. The Kier molecular flexibility index (Phi) is 9.93. The van der Waals surface area contributed by atoms with Crippen LogP contribution in [0.15, 0.2) is 71.8 Å². The number of benzene rings is 4. The first-order chi connectivity index (χ1) is 22.7. The number of allylic oxidation sites excluding steroid dienone is 2. The van der Waals surface area contributed by atoms with Gasteiger partial charge in [-0.1, -0.05) is 0 Å². The Balaban J connectivity index is 1.64. The molecule has 48 heavy (non-hydrogen) atoms. The predicted molar refractivity (Wildman–Crippen MR) is 214 cm³/mol. The Bertz CT molecular complexity index is 1820. The van der Waals surface area contributed by atoms with Gasteiger partial charge in [-0.15, -0.1) is 0 Å². The summed E-state index contributed by atoms with van der Waals surface area (Å²) in [5.41, 5.74) is 21.6. The van der Waals surface area contributed by atoms with E-state index in [2.05, 4.69) is 141 Å². The molecule has 0 aromatic heterocycles. The van der Waals surface area contributed by atoms with Crippen molar-refractivity contribution in [1.29, 1.82) is 0 Å². The van der Waals surface area contributed by atoms with Crippen molar-refractivity contribution in [3.05, 3.63) is 127 Å². The molecule has 4 aromatic carbocycles. The summed E-state index contributed by atoms with van der Waals surface area (Å²) in [4.78, 5) is 0. The van der Waals surface area contributed by atoms with Crippen molar-refractivity contribution in [2.45, 2.75) is 101 Å². The van der Waals surface area contributed by atoms with Crippen LogP contribution in [0.4, 0.5) is 0 Å². The summed E-state index contributed by atoms with van der Waals surface area (Å²) in [6.07, 6.45) is 9.30. The third kappa shape index (κ3) is 5.86. The van der Waals surface area contributed by atoms with Crippen LogP contribution in [0.3, 0.4) is 0 Å². The maximum atomic E-state index is 8.79. The number of halogens is 2. The van der Waals surface area contributed by atoms with Crippen LogP contribution in [-0.2, 0) is 15.6 Å². The summed E-state index contributed by atoms with van der Waals surface area (Å²) in [6, 6.07) is 23.5. The third-order valence-corrected chi connectivity index (χ3v) is 63.2. The SMILES string of the molecule is CCCC1=Cc2c(ccc(C)c2-c2cc(C)cc(C)c2)[CH]1[Zr]([Cl])([Cl])([CH]1C(CCC)=Cc2c1ccc(C)c2-c1cc(C)cc(C)c1)[SiH](C)C. The number of rotatable bonds is 9. The van der Waals surface area contributed by atoms with Crippen LogP contribution in [-0.4, -0.2) is 5.92 Å². The molecule has 4 heteroatoms. The van der Waals surface area contributed by atoms with E-state index in [0.717, 1.165) is 25.7 Å². The third-order valence-electron chi connectivity index (χ3n) is 11.3. The minimum absolute atomic E-state index is 0.115. The van der Waals surface area contributed by atoms with E-state index in [1.807, 2.05) is 0 Å². The summed E-state index contributed by atoms with van der Waals surface area (Å²) >= 11 is -4.87. The topological polar surface area (TPSA) is 0 Å². The van der Waals surface area contributed by atoms with Crippen molar-refractivity contribution in [3.63, 3.8) is 0 Å². The average molecular weight is 772 g/mol. The molecule has 2 aliphatic carbocycles. The molecule has 0 saturated heterocycles. The molecule has 0 fully saturated rings. The second-order valence-electron chi connectivity index (χ2n) is 15.5. The van der Waals surface area contributed by atoms with E-state index in [1.54, 1.807) is 0 Å². The second kappa shape index (κ2) is 13.3. The first-order valence-electron chi connectivity index (χ1n) is 18.1. The van der Waals surface area contributed by atoms with Gasteiger partial charge >= 0.3 is 302 Å². The van der Waals surface area contributed by atoms with Crippen molar-refractivity contribution in [2.24, 2.45) is 0 Å². The van der Waals surface area contributed by atoms with Gasteiger partial charge in [0.1, 0.15) is 0 Å². The maximum absolute atomic E-state index is 8.79. The van der Waals surface area contributed by atoms with Crippen molar-refractivity contribution >= 4 is 35.1 Å². The first kappa shape index (κ1) is 35.9. The molecular formula is C44H53Cl2SiZr. The van der Waals surface area contributed by atoms with Gasteiger partial charge in [0.2, 0.25) is 0 Å². The van der Waals surface area contributed by atoms with E-state index in [9.17, 15) is 0 Å². The molecule has 0 spiro atoms. The fourth-order valence-electron chi connectivity index (χ4n) is 9.39. The van der Waals surface area contributed by atoms with Crippen LogP contribution < -0.4 is 0 Å². The molecule has 2 unspecified atom stereocenters. The standard InChI is InChI=1S/2C21H23.C2H7Si.2ClH.Zr/c2*1-5-6-17-12-18-8-7-16(4)21(20(18)13-17)19-10-14(2)9-15(3)11-19;1-3-2;;;/h2*7-13H,5-6H2,1-4H3;3H,1-2H3;2*1H;/q;;;;;+2/p-2. The molecule has 0 nitrogen and oxygen atoms in total. The molecule has 0 heterocycles. The predicted octanol–water partition coefficient (Wildman–Crippen LogP) is 14.0. The summed E-state index contributed by atoms with van der Waals surface area (Å²) in [5.74, 6) is -1.64. The van der Waals surface area contributed by atoms with Crippen LogP contribution in [0, 0.1) is 41.5 Å². The zero-order valence-corrected chi connectivity index (χ0v) is 35.9. The summed E-state index contributed by atoms with van der Waals surface area (Å²) < 4.78 is 0.229. The summed E-state index contributed by atoms with van der Waals surface area (Å²) in [6.45, 7) is 23.0. The molecule has 0 radical (unpaired) electrons. The van der Waals surface area contributed by atoms with Gasteiger partial charge in [0.25, 0.3) is 0 Å². The number of hydrogen-bond donors (Lipinski definition) is 0. The van der Waals surface area contributed by atoms with E-state index >= 15 is 0 Å². The zero-order valence-electron chi connectivity index (χ0n) is 30.7. The van der Waals surface area contributed by atoms with E-state index < -0.39 is 21.5 Å². The molecular weight excluding hydrogens is 719 g/mol. The minimum atomic E-state index is -4.87. The van der Waals surface area contributed by atoms with Crippen molar-refractivity contribution in [1.82, 2.24) is 0 Å². The Morgan fingerprint density at radius 2 is 0.917 bits per heavy atom. The van der Waals surface area contributed by atoms with E-state index in [-0.39, 0.29) is 7.25 Å². The second-order valence-corrected chi connectivity index (χ2v) is 58.0. The normalized spacial score (nSPS) is 18.0. The number of hydrogen-bond acceptors (Lipinski definition) is 0. The molecule has 0 saturated carbocycles. The van der Waals surface area contributed by atoms with E-state index in [4.69, 9.17) is 17.0 Å². The van der Waals surface area contributed by atoms with Gasteiger partial charge in [-0.25, -0.2) is 0 Å². The Labute approximate surface area is 299 Å². The van der Waals surface area contributed by atoms with E-state index in [1.165, 1.54) is 89.0 Å². The van der Waals surface area contributed by atoms with Crippen LogP contribution in [0.25, 0.3) is 34.4 Å². The van der Waals surface area contributed by atoms with Crippen LogP contribution >= 0.6 is 17.0 Å². The van der Waals surface area contributed by atoms with Gasteiger partial charge in [-0.05, 0) is 0 Å². The molecule has 0 bridgehead atoms. The number of aryl methyl sites for hydroxylation is 6. The molecule has 6 rings (SSSR count). The van der Waals surface area contributed by atoms with Gasteiger partial charge in [0.15, 0.2) is 0 Å². The molecule has 2 aliphatic rings. The summed E-state index contributed by atoms with van der Waals surface area (Å²) in [5, 5.41) is 0. The van der Waals surface area contributed by atoms with Gasteiger partial charge in [-0.2, -0.15) is 0 Å². The molecule has 251 valence electrons. The van der Waals surface area contributed by atoms with Gasteiger partial charge in [-0.3, -0.25) is 0 Å². The van der Waals surface area contributed by atoms with Crippen LogP contribution in [0.5, 0.6) is 0 Å². The molecule has 0 N–H and O–H groups in total. The van der Waals surface area contributed by atoms with Gasteiger partial charge in [0.05, 0.1) is 0 Å². The zero-order chi connectivity index (χ0) is 34.7. The molecule has 0 aliphatic heterocycles. The first-order valence-corrected chi connectivity index (χ1v) is 34.4. The van der Waals surface area contributed by atoms with Crippen LogP contribution in [0.1, 0.15) is 102 Å². The van der Waals surface area contributed by atoms with E-state index in [0.29, 0.717) is 0 Å². The Morgan fingerprint density at radius 3 is 1.23 bits per heavy atom. The fourth-order valence-corrected chi connectivity index (χ4v) is 40.9. The van der Waals surface area contributed by atoms with Gasteiger partial charge < -0.3 is 0 Å². The Hall–Kier alpha value is -1.96. The quantitative estimate of drug-likeness (QED) is 0.149. The molecule has 4 aromatic rings. The number of fused-ring (bicyclic) bond motifs is 2. The van der Waals surface area contributed by atoms with Crippen molar-refractivity contribution in [3.8, 4) is 22.3 Å². The van der Waals surface area contributed by atoms with Crippen LogP contribution in [0.2, 0.25) is 13.1 Å². The monoisotopic (exact) mass is 769 g/mol. The van der Waals surface area contributed by atoms with Crippen molar-refractivity contribution in [2.75, 3.05) is 0 Å². The fraction of sp³-hybridized carbons (Fsp3) is 0.364. The van der Waals surface area contributed by atoms with Crippen molar-refractivity contribution < 1.29 is 15.6 Å². The molecule has 0 amide bonds. The van der Waals surface area contributed by atoms with Gasteiger partial charge in [0, 0.05) is 0 Å². The Morgan fingerprint density at radius 1 is 0.562 bits per heavy atom.